The lowest BCUT2D eigenvalue weighted by molar-refractivity contribution is 0.320. The molecule has 0 saturated carbocycles. The van der Waals surface area contributed by atoms with E-state index in [1.165, 1.54) is 21.9 Å². The molecule has 1 nitrogen and oxygen atoms in total. The molecule has 0 amide bonds. The Bertz CT molecular complexity index is 635. The molecular weight excluding hydrogens is 220 g/mol. The molecule has 94 valence electrons. The van der Waals surface area contributed by atoms with Crippen molar-refractivity contribution in [2.75, 3.05) is 7.11 Å². The first-order valence-corrected chi connectivity index (χ1v) is 6.51. The van der Waals surface area contributed by atoms with Gasteiger partial charge >= 0.3 is 0 Å². The van der Waals surface area contributed by atoms with Crippen LogP contribution >= 0.6 is 0 Å². The van der Waals surface area contributed by atoms with Crippen molar-refractivity contribution in [3.63, 3.8) is 0 Å². The Hall–Kier alpha value is -1.50. The van der Waals surface area contributed by atoms with E-state index in [1.807, 2.05) is 0 Å². The minimum Gasteiger partial charge on any atom is -0.497 e. The van der Waals surface area contributed by atoms with E-state index in [2.05, 4.69) is 58.0 Å². The number of hydrogen-bond acceptors (Lipinski definition) is 1. The summed E-state index contributed by atoms with van der Waals surface area (Å²) in [5, 5.41) is 2.72. The van der Waals surface area contributed by atoms with Crippen molar-refractivity contribution in [1.82, 2.24) is 0 Å². The van der Waals surface area contributed by atoms with Crippen LogP contribution in [0.25, 0.3) is 10.8 Å². The van der Waals surface area contributed by atoms with Gasteiger partial charge in [-0.05, 0) is 44.9 Å². The lowest BCUT2D eigenvalue weighted by atomic mass is 9.66. The van der Waals surface area contributed by atoms with Crippen molar-refractivity contribution in [3.05, 3.63) is 41.5 Å². The van der Waals surface area contributed by atoms with Gasteiger partial charge in [-0.1, -0.05) is 45.9 Å². The standard InChI is InChI=1S/C17H20O/c1-16(2)13-8-6-7-11-9-12(18-5)10-14(15(11)13)17(16,3)4/h6-10H,1-5H3. The van der Waals surface area contributed by atoms with Crippen LogP contribution in [-0.2, 0) is 10.8 Å². The first-order chi connectivity index (χ1) is 8.39. The highest BCUT2D eigenvalue weighted by molar-refractivity contribution is 5.95. The summed E-state index contributed by atoms with van der Waals surface area (Å²) in [5.41, 5.74) is 3.16. The zero-order valence-corrected chi connectivity index (χ0v) is 11.8. The summed E-state index contributed by atoms with van der Waals surface area (Å²) in [6.45, 7) is 9.35. The van der Waals surface area contributed by atoms with Gasteiger partial charge in [0.15, 0.2) is 0 Å². The highest BCUT2D eigenvalue weighted by Crippen LogP contribution is 2.54. The Morgan fingerprint density at radius 1 is 0.889 bits per heavy atom. The van der Waals surface area contributed by atoms with Crippen LogP contribution in [0.3, 0.4) is 0 Å². The van der Waals surface area contributed by atoms with E-state index in [-0.39, 0.29) is 10.8 Å². The van der Waals surface area contributed by atoms with E-state index < -0.39 is 0 Å². The van der Waals surface area contributed by atoms with Gasteiger partial charge in [-0.2, -0.15) is 0 Å². The monoisotopic (exact) mass is 240 g/mol. The molecule has 0 aromatic heterocycles. The molecule has 0 unspecified atom stereocenters. The van der Waals surface area contributed by atoms with Crippen molar-refractivity contribution in [1.29, 1.82) is 0 Å². The molecule has 0 bridgehead atoms. The summed E-state index contributed by atoms with van der Waals surface area (Å²) < 4.78 is 5.45. The maximum Gasteiger partial charge on any atom is 0.119 e. The van der Waals surface area contributed by atoms with Crippen molar-refractivity contribution in [2.24, 2.45) is 0 Å². The first kappa shape index (κ1) is 11.6. The minimum absolute atomic E-state index is 0.128. The van der Waals surface area contributed by atoms with Gasteiger partial charge in [0.1, 0.15) is 5.75 Å². The largest absolute Gasteiger partial charge is 0.497 e. The van der Waals surface area contributed by atoms with Gasteiger partial charge in [0.2, 0.25) is 0 Å². The second kappa shape index (κ2) is 3.28. The first-order valence-electron chi connectivity index (χ1n) is 6.51. The van der Waals surface area contributed by atoms with Crippen LogP contribution in [0.4, 0.5) is 0 Å². The molecular formula is C17H20O. The van der Waals surface area contributed by atoms with Gasteiger partial charge in [0.05, 0.1) is 7.11 Å². The number of hydrogen-bond donors (Lipinski definition) is 0. The maximum atomic E-state index is 5.45. The van der Waals surface area contributed by atoms with Crippen LogP contribution in [0.15, 0.2) is 30.3 Å². The molecule has 0 saturated heterocycles. The molecule has 18 heavy (non-hydrogen) atoms. The molecule has 0 radical (unpaired) electrons. The van der Waals surface area contributed by atoms with E-state index >= 15 is 0 Å². The molecule has 0 spiro atoms. The molecule has 0 N–H and O–H groups in total. The minimum atomic E-state index is 0.128. The lowest BCUT2D eigenvalue weighted by Crippen LogP contribution is -2.35. The fourth-order valence-electron chi connectivity index (χ4n) is 3.21. The average molecular weight is 240 g/mol. The van der Waals surface area contributed by atoms with Gasteiger partial charge in [0.25, 0.3) is 0 Å². The third-order valence-electron chi connectivity index (χ3n) is 5.10. The normalized spacial score (nSPS) is 19.2. The van der Waals surface area contributed by atoms with Crippen LogP contribution in [0, 0.1) is 0 Å². The third kappa shape index (κ3) is 1.17. The molecule has 1 heteroatoms. The molecule has 2 aromatic carbocycles. The zero-order chi connectivity index (χ0) is 13.1. The molecule has 3 rings (SSSR count). The van der Waals surface area contributed by atoms with Crippen LogP contribution in [0.2, 0.25) is 0 Å². The van der Waals surface area contributed by atoms with Crippen molar-refractivity contribution in [2.45, 2.75) is 38.5 Å². The summed E-state index contributed by atoms with van der Waals surface area (Å²) in [5.74, 6) is 0.959. The van der Waals surface area contributed by atoms with Gasteiger partial charge in [-0.25, -0.2) is 0 Å². The zero-order valence-electron chi connectivity index (χ0n) is 11.8. The summed E-state index contributed by atoms with van der Waals surface area (Å²) in [6.07, 6.45) is 0. The van der Waals surface area contributed by atoms with Crippen molar-refractivity contribution in [3.8, 4) is 5.75 Å². The Morgan fingerprint density at radius 2 is 1.56 bits per heavy atom. The molecule has 1 aliphatic rings. The molecule has 0 atom stereocenters. The Kier molecular flexibility index (Phi) is 2.11. The summed E-state index contributed by atoms with van der Waals surface area (Å²) in [7, 11) is 1.74. The number of benzene rings is 2. The number of methoxy groups -OCH3 is 1. The van der Waals surface area contributed by atoms with Gasteiger partial charge < -0.3 is 4.74 Å². The summed E-state index contributed by atoms with van der Waals surface area (Å²) in [4.78, 5) is 0. The quantitative estimate of drug-likeness (QED) is 0.717. The van der Waals surface area contributed by atoms with E-state index in [4.69, 9.17) is 4.74 Å². The topological polar surface area (TPSA) is 9.23 Å². The summed E-state index contributed by atoms with van der Waals surface area (Å²) >= 11 is 0. The predicted octanol–water partition coefficient (Wildman–Crippen LogP) is 4.42. The van der Waals surface area contributed by atoms with Gasteiger partial charge in [-0.3, -0.25) is 0 Å². The Labute approximate surface area is 109 Å². The van der Waals surface area contributed by atoms with Gasteiger partial charge in [-0.15, -0.1) is 0 Å². The summed E-state index contributed by atoms with van der Waals surface area (Å²) in [6, 6.07) is 11.0. The number of rotatable bonds is 1. The van der Waals surface area contributed by atoms with E-state index in [1.54, 1.807) is 7.11 Å². The van der Waals surface area contributed by atoms with Crippen molar-refractivity contribution >= 4 is 10.8 Å². The predicted molar refractivity (Wildman–Crippen MR) is 76.6 cm³/mol. The fourth-order valence-corrected chi connectivity index (χ4v) is 3.21. The maximum absolute atomic E-state index is 5.45. The highest BCUT2D eigenvalue weighted by atomic mass is 16.5. The van der Waals surface area contributed by atoms with E-state index in [9.17, 15) is 0 Å². The SMILES string of the molecule is COc1cc2c3c(cccc3c1)C(C)(C)C2(C)C. The van der Waals surface area contributed by atoms with Crippen molar-refractivity contribution < 1.29 is 4.74 Å². The Morgan fingerprint density at radius 3 is 2.22 bits per heavy atom. The lowest BCUT2D eigenvalue weighted by Gasteiger charge is -2.37. The average Bonchev–Trinajstić information content (AvgIpc) is 2.49. The van der Waals surface area contributed by atoms with Crippen LogP contribution in [0.1, 0.15) is 38.8 Å². The molecule has 2 aromatic rings. The molecule has 0 fully saturated rings. The van der Waals surface area contributed by atoms with Gasteiger partial charge in [0, 0.05) is 0 Å². The third-order valence-corrected chi connectivity index (χ3v) is 5.10. The van der Waals surface area contributed by atoms with E-state index in [0.717, 1.165) is 5.75 Å². The smallest absolute Gasteiger partial charge is 0.119 e. The highest BCUT2D eigenvalue weighted by Gasteiger charge is 2.47. The Balaban J connectivity index is 2.48. The fraction of sp³-hybridized carbons (Fsp3) is 0.412. The van der Waals surface area contributed by atoms with E-state index in [0.29, 0.717) is 0 Å². The van der Waals surface area contributed by atoms with Crippen LogP contribution < -0.4 is 4.74 Å². The van der Waals surface area contributed by atoms with Crippen LogP contribution in [0.5, 0.6) is 5.75 Å². The second-order valence-corrected chi connectivity index (χ2v) is 6.33. The molecule has 0 aliphatic heterocycles. The molecule has 1 aliphatic carbocycles. The second-order valence-electron chi connectivity index (χ2n) is 6.33. The molecule has 0 heterocycles. The van der Waals surface area contributed by atoms with Crippen LogP contribution in [-0.4, -0.2) is 7.11 Å². The number of ether oxygens (including phenoxy) is 1.